The lowest BCUT2D eigenvalue weighted by Crippen LogP contribution is -2.14. The molecule has 1 fully saturated rings. The van der Waals surface area contributed by atoms with Gasteiger partial charge in [0.05, 0.1) is 5.56 Å². The zero-order chi connectivity index (χ0) is 15.2. The first-order chi connectivity index (χ1) is 10.1. The van der Waals surface area contributed by atoms with Crippen molar-refractivity contribution in [2.24, 2.45) is 5.92 Å². The maximum Gasteiger partial charge on any atom is 0.335 e. The number of benzene rings is 1. The number of carboxylic acid groups (broad SMARTS) is 1. The molecular weight excluding hydrogens is 267 g/mol. The first kappa shape index (κ1) is 16.0. The van der Waals surface area contributed by atoms with Crippen LogP contribution in [0.4, 0.5) is 4.39 Å². The molecule has 0 spiro atoms. The third-order valence-electron chi connectivity index (χ3n) is 4.75. The van der Waals surface area contributed by atoms with Crippen molar-refractivity contribution in [3.8, 4) is 0 Å². The Bertz CT molecular complexity index is 476. The van der Waals surface area contributed by atoms with Gasteiger partial charge in [-0.2, -0.15) is 0 Å². The second-order valence-corrected chi connectivity index (χ2v) is 6.25. The molecule has 1 aromatic rings. The van der Waals surface area contributed by atoms with E-state index in [0.717, 1.165) is 24.8 Å². The molecule has 0 atom stereocenters. The molecule has 1 aromatic carbocycles. The summed E-state index contributed by atoms with van der Waals surface area (Å²) in [7, 11) is 0. The molecule has 116 valence electrons. The van der Waals surface area contributed by atoms with E-state index in [4.69, 9.17) is 5.11 Å². The van der Waals surface area contributed by atoms with E-state index in [1.54, 1.807) is 6.07 Å². The van der Waals surface area contributed by atoms with E-state index in [0.29, 0.717) is 5.56 Å². The van der Waals surface area contributed by atoms with E-state index in [1.807, 2.05) is 0 Å². The highest BCUT2D eigenvalue weighted by molar-refractivity contribution is 5.87. The summed E-state index contributed by atoms with van der Waals surface area (Å²) in [5.74, 6) is -0.367. The average molecular weight is 292 g/mol. The van der Waals surface area contributed by atoms with Gasteiger partial charge in [0, 0.05) is 0 Å². The maximum atomic E-state index is 14.1. The molecule has 0 aromatic heterocycles. The van der Waals surface area contributed by atoms with Gasteiger partial charge < -0.3 is 5.11 Å². The molecule has 0 aliphatic heterocycles. The van der Waals surface area contributed by atoms with E-state index >= 15 is 0 Å². The normalized spacial score (nSPS) is 22.2. The summed E-state index contributed by atoms with van der Waals surface area (Å²) in [6.07, 6.45) is 9.60. The van der Waals surface area contributed by atoms with Crippen molar-refractivity contribution in [3.05, 3.63) is 35.1 Å². The van der Waals surface area contributed by atoms with Crippen LogP contribution in [0.2, 0.25) is 0 Å². The number of unbranched alkanes of at least 4 members (excludes halogenated alkanes) is 2. The standard InChI is InChI=1S/C18H25FO2/c1-2-3-4-5-13-6-8-14(9-7-13)16-11-10-15(18(20)21)12-17(16)19/h10-14H,2-9H2,1H3,(H,20,21)/t13-,14-. The van der Waals surface area contributed by atoms with E-state index in [2.05, 4.69) is 6.92 Å². The van der Waals surface area contributed by atoms with Gasteiger partial charge in [-0.25, -0.2) is 9.18 Å². The third kappa shape index (κ3) is 4.29. The summed E-state index contributed by atoms with van der Waals surface area (Å²) in [6, 6.07) is 4.35. The number of rotatable bonds is 6. The fraction of sp³-hybridized carbons (Fsp3) is 0.611. The quantitative estimate of drug-likeness (QED) is 0.715. The Morgan fingerprint density at radius 3 is 2.52 bits per heavy atom. The van der Waals surface area contributed by atoms with E-state index < -0.39 is 5.97 Å². The number of carboxylic acids is 1. The second kappa shape index (κ2) is 7.58. The highest BCUT2D eigenvalue weighted by atomic mass is 19.1. The van der Waals surface area contributed by atoms with Crippen LogP contribution in [0.5, 0.6) is 0 Å². The molecule has 0 bridgehead atoms. The molecule has 1 aliphatic rings. The largest absolute Gasteiger partial charge is 0.478 e. The first-order valence-corrected chi connectivity index (χ1v) is 8.14. The first-order valence-electron chi connectivity index (χ1n) is 8.14. The van der Waals surface area contributed by atoms with Crippen LogP contribution in [0.1, 0.15) is 80.1 Å². The molecule has 1 aliphatic carbocycles. The van der Waals surface area contributed by atoms with Gasteiger partial charge in [-0.05, 0) is 55.2 Å². The molecule has 21 heavy (non-hydrogen) atoms. The fourth-order valence-corrected chi connectivity index (χ4v) is 3.44. The highest BCUT2D eigenvalue weighted by Gasteiger charge is 2.24. The van der Waals surface area contributed by atoms with E-state index in [-0.39, 0.29) is 17.3 Å². The molecule has 1 saturated carbocycles. The minimum atomic E-state index is -1.07. The zero-order valence-corrected chi connectivity index (χ0v) is 12.8. The molecule has 0 heterocycles. The lowest BCUT2D eigenvalue weighted by Gasteiger charge is -2.29. The zero-order valence-electron chi connectivity index (χ0n) is 12.8. The minimum absolute atomic E-state index is 0.0319. The topological polar surface area (TPSA) is 37.3 Å². The molecule has 0 saturated heterocycles. The van der Waals surface area contributed by atoms with Crippen molar-refractivity contribution < 1.29 is 14.3 Å². The molecule has 0 amide bonds. The summed E-state index contributed by atoms with van der Waals surface area (Å²) in [5.41, 5.74) is 0.733. The molecule has 3 heteroatoms. The van der Waals surface area contributed by atoms with E-state index in [9.17, 15) is 9.18 Å². The number of aromatic carboxylic acids is 1. The fourth-order valence-electron chi connectivity index (χ4n) is 3.44. The van der Waals surface area contributed by atoms with Gasteiger partial charge >= 0.3 is 5.97 Å². The molecule has 2 nitrogen and oxygen atoms in total. The lowest BCUT2D eigenvalue weighted by atomic mass is 9.77. The van der Waals surface area contributed by atoms with Crippen molar-refractivity contribution in [1.82, 2.24) is 0 Å². The Morgan fingerprint density at radius 2 is 1.95 bits per heavy atom. The van der Waals surface area contributed by atoms with Crippen LogP contribution in [-0.2, 0) is 0 Å². The van der Waals surface area contributed by atoms with Crippen LogP contribution in [-0.4, -0.2) is 11.1 Å². The van der Waals surface area contributed by atoms with Crippen molar-refractivity contribution in [2.45, 2.75) is 64.2 Å². The second-order valence-electron chi connectivity index (χ2n) is 6.25. The van der Waals surface area contributed by atoms with E-state index in [1.165, 1.54) is 44.6 Å². The van der Waals surface area contributed by atoms with Gasteiger partial charge in [0.2, 0.25) is 0 Å². The van der Waals surface area contributed by atoms with Gasteiger partial charge in [0.15, 0.2) is 0 Å². The van der Waals surface area contributed by atoms with Crippen LogP contribution in [0, 0.1) is 11.7 Å². The van der Waals surface area contributed by atoms with Gasteiger partial charge in [0.25, 0.3) is 0 Å². The Hall–Kier alpha value is -1.38. The summed E-state index contributed by atoms with van der Waals surface area (Å²) in [6.45, 7) is 2.22. The SMILES string of the molecule is CCCCC[C@H]1CC[C@H](c2ccc(C(=O)O)cc2F)CC1. The maximum absolute atomic E-state index is 14.1. The lowest BCUT2D eigenvalue weighted by molar-refractivity contribution is 0.0696. The van der Waals surface area contributed by atoms with Crippen molar-refractivity contribution in [3.63, 3.8) is 0 Å². The average Bonchev–Trinajstić information content (AvgIpc) is 2.48. The third-order valence-corrected chi connectivity index (χ3v) is 4.75. The van der Waals surface area contributed by atoms with Gasteiger partial charge in [-0.1, -0.05) is 38.7 Å². The van der Waals surface area contributed by atoms with Gasteiger partial charge in [0.1, 0.15) is 5.82 Å². The monoisotopic (exact) mass is 292 g/mol. The molecule has 0 radical (unpaired) electrons. The summed E-state index contributed by atoms with van der Waals surface area (Å²) >= 11 is 0. The molecular formula is C18H25FO2. The Balaban J connectivity index is 1.91. The number of hydrogen-bond donors (Lipinski definition) is 1. The van der Waals surface area contributed by atoms with Crippen molar-refractivity contribution in [2.75, 3.05) is 0 Å². The summed E-state index contributed by atoms with van der Waals surface area (Å²) < 4.78 is 14.1. The van der Waals surface area contributed by atoms with Gasteiger partial charge in [-0.15, -0.1) is 0 Å². The van der Waals surface area contributed by atoms with Crippen LogP contribution in [0.15, 0.2) is 18.2 Å². The number of halogens is 1. The predicted molar refractivity (Wildman–Crippen MR) is 82.2 cm³/mol. The summed E-state index contributed by atoms with van der Waals surface area (Å²) in [5, 5.41) is 8.88. The minimum Gasteiger partial charge on any atom is -0.478 e. The molecule has 0 unspecified atom stereocenters. The highest BCUT2D eigenvalue weighted by Crippen LogP contribution is 2.38. The van der Waals surface area contributed by atoms with Crippen LogP contribution in [0.25, 0.3) is 0 Å². The smallest absolute Gasteiger partial charge is 0.335 e. The van der Waals surface area contributed by atoms with Crippen molar-refractivity contribution in [1.29, 1.82) is 0 Å². The summed E-state index contributed by atoms with van der Waals surface area (Å²) in [4.78, 5) is 10.8. The number of hydrogen-bond acceptors (Lipinski definition) is 1. The van der Waals surface area contributed by atoms with Crippen LogP contribution >= 0.6 is 0 Å². The Labute approximate surface area is 126 Å². The predicted octanol–water partition coefficient (Wildman–Crippen LogP) is 5.38. The van der Waals surface area contributed by atoms with Crippen LogP contribution < -0.4 is 0 Å². The Morgan fingerprint density at radius 1 is 1.24 bits per heavy atom. The van der Waals surface area contributed by atoms with Crippen molar-refractivity contribution >= 4 is 5.97 Å². The molecule has 2 rings (SSSR count). The van der Waals surface area contributed by atoms with Crippen LogP contribution in [0.3, 0.4) is 0 Å². The number of carbonyl (C=O) groups is 1. The molecule has 1 N–H and O–H groups in total. The Kier molecular flexibility index (Phi) is 5.77. The van der Waals surface area contributed by atoms with Gasteiger partial charge in [-0.3, -0.25) is 0 Å².